The van der Waals surface area contributed by atoms with E-state index in [0.717, 1.165) is 24.5 Å². The molecule has 10 nitrogen and oxygen atoms in total. The number of nitrogens with one attached hydrogen (secondary N) is 1. The summed E-state index contributed by atoms with van der Waals surface area (Å²) in [6, 6.07) is 5.25. The first-order chi connectivity index (χ1) is 17.6. The van der Waals surface area contributed by atoms with E-state index in [9.17, 15) is 32.0 Å². The van der Waals surface area contributed by atoms with Crippen molar-refractivity contribution in [2.45, 2.75) is 37.8 Å². The van der Waals surface area contributed by atoms with Crippen LogP contribution >= 0.6 is 0 Å². The van der Waals surface area contributed by atoms with Gasteiger partial charge in [0, 0.05) is 24.0 Å². The fourth-order valence-corrected chi connectivity index (χ4v) is 4.55. The number of alkyl halides is 4. The van der Waals surface area contributed by atoms with Crippen LogP contribution in [0.5, 0.6) is 5.88 Å². The predicted molar refractivity (Wildman–Crippen MR) is 114 cm³/mol. The molecule has 0 radical (unpaired) electrons. The molecule has 0 saturated heterocycles. The van der Waals surface area contributed by atoms with Crippen molar-refractivity contribution in [1.82, 2.24) is 29.4 Å². The lowest BCUT2D eigenvalue weighted by atomic mass is 9.82. The Morgan fingerprint density at radius 3 is 2.70 bits per heavy atom. The van der Waals surface area contributed by atoms with Crippen molar-refractivity contribution < 1.29 is 31.5 Å². The summed E-state index contributed by atoms with van der Waals surface area (Å²) in [5.74, 6) is -2.95. The third kappa shape index (κ3) is 4.09. The quantitative estimate of drug-likeness (QED) is 0.386. The molecule has 0 fully saturated rings. The Kier molecular flexibility index (Phi) is 5.73. The smallest absolute Gasteiger partial charge is 0.388 e. The van der Waals surface area contributed by atoms with Gasteiger partial charge < -0.3 is 10.1 Å². The summed E-state index contributed by atoms with van der Waals surface area (Å²) in [5, 5.41) is 19.6. The van der Waals surface area contributed by atoms with Crippen LogP contribution in [0.3, 0.4) is 0 Å². The SMILES string of the molecule is C[C@@]1(c2ccn(C(F)F)n2)C[C@H](C(=O)Nc2cnc(OC(F)F)c(C#N)c2)c2cnc3cc(F)nn3c21. The van der Waals surface area contributed by atoms with Gasteiger partial charge in [0.15, 0.2) is 5.65 Å². The van der Waals surface area contributed by atoms with Crippen LogP contribution < -0.4 is 10.1 Å². The second-order valence-electron chi connectivity index (χ2n) is 8.40. The van der Waals surface area contributed by atoms with E-state index in [2.05, 4.69) is 30.2 Å². The molecule has 0 bridgehead atoms. The van der Waals surface area contributed by atoms with E-state index < -0.39 is 42.2 Å². The van der Waals surface area contributed by atoms with Crippen LogP contribution in [0.15, 0.2) is 36.8 Å². The Bertz CT molecular complexity index is 1560. The zero-order valence-corrected chi connectivity index (χ0v) is 18.7. The van der Waals surface area contributed by atoms with Gasteiger partial charge in [-0.3, -0.25) is 4.79 Å². The zero-order valence-electron chi connectivity index (χ0n) is 18.7. The molecule has 0 aliphatic heterocycles. The summed E-state index contributed by atoms with van der Waals surface area (Å²) >= 11 is 0. The van der Waals surface area contributed by atoms with Crippen LogP contribution in [0, 0.1) is 17.3 Å². The summed E-state index contributed by atoms with van der Waals surface area (Å²) in [6.07, 6.45) is 3.55. The number of fused-ring (bicyclic) bond motifs is 3. The molecule has 37 heavy (non-hydrogen) atoms. The maximum absolute atomic E-state index is 14.0. The van der Waals surface area contributed by atoms with E-state index >= 15 is 0 Å². The molecule has 190 valence electrons. The molecule has 1 aliphatic carbocycles. The Morgan fingerprint density at radius 1 is 1.24 bits per heavy atom. The molecule has 4 aromatic rings. The largest absolute Gasteiger partial charge is 0.415 e. The highest BCUT2D eigenvalue weighted by molar-refractivity contribution is 5.97. The number of aromatic nitrogens is 6. The molecule has 0 unspecified atom stereocenters. The van der Waals surface area contributed by atoms with Gasteiger partial charge in [0.2, 0.25) is 17.7 Å². The molecule has 4 heterocycles. The Hall–Kier alpha value is -4.61. The Morgan fingerprint density at radius 2 is 2.03 bits per heavy atom. The number of amides is 1. The highest BCUT2D eigenvalue weighted by atomic mass is 19.3. The fraction of sp³-hybridized carbons (Fsp3) is 0.273. The summed E-state index contributed by atoms with van der Waals surface area (Å²) < 4.78 is 71.4. The monoisotopic (exact) mass is 518 g/mol. The standard InChI is InChI=1S/C22H15F5N8O2/c1-22(14-2-3-34(32-14)20(24)25)6-12(13-9-29-16-5-15(23)33-35(16)17(13)22)18(36)31-11-4-10(7-28)19(30-8-11)37-21(26)27/h2-5,8-9,12,20-21H,6H2,1H3,(H,31,36)/t12-,22-/m0/s1. The lowest BCUT2D eigenvalue weighted by Crippen LogP contribution is -2.26. The third-order valence-corrected chi connectivity index (χ3v) is 6.12. The third-order valence-electron chi connectivity index (χ3n) is 6.12. The molecule has 15 heteroatoms. The minimum atomic E-state index is -3.20. The van der Waals surface area contributed by atoms with Crippen LogP contribution in [0.1, 0.15) is 48.3 Å². The lowest BCUT2D eigenvalue weighted by Gasteiger charge is -2.23. The second kappa shape index (κ2) is 8.80. The van der Waals surface area contributed by atoms with Crippen molar-refractivity contribution in [1.29, 1.82) is 5.26 Å². The number of pyridine rings is 1. The van der Waals surface area contributed by atoms with Crippen LogP contribution in [-0.2, 0) is 10.2 Å². The summed E-state index contributed by atoms with van der Waals surface area (Å²) in [7, 11) is 0. The van der Waals surface area contributed by atoms with Crippen molar-refractivity contribution in [2.24, 2.45) is 0 Å². The number of halogens is 5. The number of nitriles is 1. The van der Waals surface area contributed by atoms with Crippen LogP contribution in [0.4, 0.5) is 27.6 Å². The van der Waals surface area contributed by atoms with Gasteiger partial charge in [0.1, 0.15) is 11.6 Å². The van der Waals surface area contributed by atoms with Gasteiger partial charge in [0.05, 0.1) is 34.6 Å². The first kappa shape index (κ1) is 24.1. The molecule has 1 amide bonds. The Labute approximate surface area is 204 Å². The van der Waals surface area contributed by atoms with E-state index in [-0.39, 0.29) is 29.0 Å². The normalized spacial score (nSPS) is 18.8. The summed E-state index contributed by atoms with van der Waals surface area (Å²) in [5.41, 5.74) is -0.403. The molecular formula is C22H15F5N8O2. The molecular weight excluding hydrogens is 503 g/mol. The van der Waals surface area contributed by atoms with Crippen molar-refractivity contribution in [3.63, 3.8) is 0 Å². The number of ether oxygens (including phenoxy) is 1. The number of carbonyl (C=O) groups excluding carboxylic acids is 1. The molecule has 0 spiro atoms. The first-order valence-electron chi connectivity index (χ1n) is 10.6. The predicted octanol–water partition coefficient (Wildman–Crippen LogP) is 3.76. The summed E-state index contributed by atoms with van der Waals surface area (Å²) in [6.45, 7) is -4.42. The number of rotatable bonds is 6. The zero-order chi connectivity index (χ0) is 26.5. The van der Waals surface area contributed by atoms with E-state index in [0.29, 0.717) is 15.9 Å². The van der Waals surface area contributed by atoms with Gasteiger partial charge in [-0.15, -0.1) is 5.10 Å². The van der Waals surface area contributed by atoms with Crippen molar-refractivity contribution in [2.75, 3.05) is 5.32 Å². The second-order valence-corrected chi connectivity index (χ2v) is 8.40. The molecule has 5 rings (SSSR count). The fourth-order valence-electron chi connectivity index (χ4n) is 4.55. The van der Waals surface area contributed by atoms with Gasteiger partial charge in [-0.2, -0.15) is 32.3 Å². The first-order valence-corrected chi connectivity index (χ1v) is 10.6. The summed E-state index contributed by atoms with van der Waals surface area (Å²) in [4.78, 5) is 21.2. The van der Waals surface area contributed by atoms with Gasteiger partial charge in [-0.25, -0.2) is 19.2 Å². The minimum Gasteiger partial charge on any atom is -0.415 e. The number of nitrogens with zero attached hydrogens (tertiary/aromatic N) is 7. The highest BCUT2D eigenvalue weighted by Gasteiger charge is 2.48. The molecule has 0 aromatic carbocycles. The Balaban J connectivity index is 1.54. The highest BCUT2D eigenvalue weighted by Crippen LogP contribution is 2.49. The van der Waals surface area contributed by atoms with E-state index in [4.69, 9.17) is 0 Å². The maximum Gasteiger partial charge on any atom is 0.388 e. The topological polar surface area (TPSA) is 123 Å². The minimum absolute atomic E-state index is 0.0273. The van der Waals surface area contributed by atoms with Crippen LogP contribution in [0.2, 0.25) is 0 Å². The van der Waals surface area contributed by atoms with Gasteiger partial charge >= 0.3 is 13.2 Å². The van der Waals surface area contributed by atoms with E-state index in [1.54, 1.807) is 13.0 Å². The maximum atomic E-state index is 14.0. The van der Waals surface area contributed by atoms with Gasteiger partial charge in [-0.05, 0) is 25.5 Å². The van der Waals surface area contributed by atoms with Gasteiger partial charge in [-0.1, -0.05) is 0 Å². The number of carbonyl (C=O) groups is 1. The van der Waals surface area contributed by atoms with E-state index in [1.165, 1.54) is 16.8 Å². The average molecular weight is 518 g/mol. The van der Waals surface area contributed by atoms with Crippen molar-refractivity contribution in [3.05, 3.63) is 65.3 Å². The molecule has 0 saturated carbocycles. The molecule has 4 aromatic heterocycles. The van der Waals surface area contributed by atoms with Crippen LogP contribution in [0.25, 0.3) is 5.65 Å². The number of hydrogen-bond acceptors (Lipinski definition) is 7. The number of hydrogen-bond donors (Lipinski definition) is 1. The lowest BCUT2D eigenvalue weighted by molar-refractivity contribution is -0.117. The molecule has 1 N–H and O–H groups in total. The van der Waals surface area contributed by atoms with Crippen molar-refractivity contribution in [3.8, 4) is 11.9 Å². The van der Waals surface area contributed by atoms with Crippen molar-refractivity contribution >= 4 is 17.2 Å². The number of anilines is 1. The molecule has 2 atom stereocenters. The van der Waals surface area contributed by atoms with E-state index in [1.807, 2.05) is 0 Å². The van der Waals surface area contributed by atoms with Crippen LogP contribution in [-0.4, -0.2) is 41.9 Å². The van der Waals surface area contributed by atoms with Gasteiger partial charge in [0.25, 0.3) is 0 Å². The average Bonchev–Trinajstić information content (AvgIpc) is 3.55. The molecule has 1 aliphatic rings.